The van der Waals surface area contributed by atoms with Crippen LogP contribution in [0.15, 0.2) is 66.9 Å². The largest absolute Gasteiger partial charge is 0.481 e. The van der Waals surface area contributed by atoms with Gasteiger partial charge in [0.2, 0.25) is 5.91 Å². The van der Waals surface area contributed by atoms with Crippen LogP contribution in [0.5, 0.6) is 0 Å². The summed E-state index contributed by atoms with van der Waals surface area (Å²) in [5.74, 6) is -3.74. The first-order chi connectivity index (χ1) is 33.1. The van der Waals surface area contributed by atoms with Crippen molar-refractivity contribution in [3.8, 4) is 11.3 Å². The van der Waals surface area contributed by atoms with E-state index >= 15 is 4.39 Å². The van der Waals surface area contributed by atoms with Crippen LogP contribution < -0.4 is 5.73 Å². The molecule has 1 aliphatic heterocycles. The van der Waals surface area contributed by atoms with Crippen LogP contribution in [0.25, 0.3) is 11.3 Å². The first kappa shape index (κ1) is 56.4. The number of hydrogen-bond donors (Lipinski definition) is 2. The molecule has 0 bridgehead atoms. The van der Waals surface area contributed by atoms with Crippen molar-refractivity contribution in [1.82, 2.24) is 19.4 Å². The van der Waals surface area contributed by atoms with Crippen LogP contribution in [0.2, 0.25) is 0 Å². The summed E-state index contributed by atoms with van der Waals surface area (Å²) in [6, 6.07) is 12.2. The van der Waals surface area contributed by atoms with Crippen molar-refractivity contribution >= 4 is 47.0 Å². The van der Waals surface area contributed by atoms with Crippen LogP contribution in [-0.4, -0.2) is 144 Å². The number of imide groups is 1. The zero-order valence-corrected chi connectivity index (χ0v) is 40.7. The smallest absolute Gasteiger partial charge is 0.306 e. The molecule has 19 heteroatoms. The number of Topliss-reactive ketones (excluding diaryl/α,β-unsaturated/α-hetero) is 2. The van der Waals surface area contributed by atoms with E-state index in [9.17, 15) is 38.3 Å². The number of nitrogens with two attached hydrogens (primary N) is 1. The van der Waals surface area contributed by atoms with Gasteiger partial charge in [0.1, 0.15) is 29.0 Å². The summed E-state index contributed by atoms with van der Waals surface area (Å²) in [6.45, 7) is 9.37. The van der Waals surface area contributed by atoms with E-state index in [1.54, 1.807) is 11.1 Å². The molecule has 2 atom stereocenters. The molecule has 16 nitrogen and oxygen atoms in total. The van der Waals surface area contributed by atoms with E-state index in [0.29, 0.717) is 83.5 Å². The van der Waals surface area contributed by atoms with Crippen molar-refractivity contribution in [1.29, 1.82) is 0 Å². The Hall–Kier alpha value is -5.18. The van der Waals surface area contributed by atoms with Gasteiger partial charge in [-0.1, -0.05) is 51.1 Å². The monoisotopic (exact) mass is 983 g/mol. The van der Waals surface area contributed by atoms with Crippen molar-refractivity contribution in [2.75, 3.05) is 84.0 Å². The standard InChI is InChI=1S/C50H67F2N5O11S/c1-50(2,3)47(48-54-43(41-32-38(51)12-13-42(41)52)34-55(48)33-36-9-5-4-6-10-36)57(20-8-19-53)46(62)35-69-30-18-37(49(63)64)31-40(59)17-23-66-25-27-68-29-28-67-26-24-65-22-7-11-39(58)16-21-56-44(60)14-15-45(56)61/h4-6,9-10,12-15,32,34,37,47H,7-8,11,16-31,33,35,53H2,1-3H3,(H,63,64)/t37?,47-/m0/s1. The van der Waals surface area contributed by atoms with Gasteiger partial charge in [0.05, 0.1) is 69.7 Å². The maximum atomic E-state index is 15.1. The highest BCUT2D eigenvalue weighted by molar-refractivity contribution is 7.99. The van der Waals surface area contributed by atoms with Crippen molar-refractivity contribution in [2.45, 2.75) is 78.3 Å². The fourth-order valence-corrected chi connectivity index (χ4v) is 8.46. The zero-order chi connectivity index (χ0) is 50.2. The van der Waals surface area contributed by atoms with Crippen LogP contribution >= 0.6 is 11.8 Å². The SMILES string of the molecule is CC(C)(C)[C@H](c1nc(-c2cc(F)ccc2F)cn1Cc1ccccc1)N(CCCN)C(=O)CSCCC(CC(=O)CCOCCOCCOCCOCCCC(=O)CCN1C(=O)C=CC1=O)C(=O)O. The van der Waals surface area contributed by atoms with Gasteiger partial charge in [-0.3, -0.25) is 33.7 Å². The second-order valence-electron chi connectivity index (χ2n) is 17.6. The van der Waals surface area contributed by atoms with Gasteiger partial charge < -0.3 is 39.3 Å². The molecule has 3 aromatic rings. The number of ether oxygens (including phenoxy) is 4. The Labute approximate surface area is 407 Å². The Bertz CT molecular complexity index is 2150. The molecule has 378 valence electrons. The molecule has 4 rings (SSSR count). The fourth-order valence-electron chi connectivity index (χ4n) is 7.52. The highest BCUT2D eigenvalue weighted by atomic mass is 32.2. The lowest BCUT2D eigenvalue weighted by atomic mass is 9.84. The molecule has 0 aliphatic carbocycles. The second-order valence-corrected chi connectivity index (χ2v) is 18.7. The summed E-state index contributed by atoms with van der Waals surface area (Å²) in [6.07, 6.45) is 5.54. The molecule has 0 spiro atoms. The molecule has 2 aromatic carbocycles. The molecule has 1 aromatic heterocycles. The molecule has 1 aliphatic rings. The summed E-state index contributed by atoms with van der Waals surface area (Å²) in [4.78, 5) is 81.8. The predicted molar refractivity (Wildman–Crippen MR) is 256 cm³/mol. The van der Waals surface area contributed by atoms with Crippen molar-refractivity contribution < 1.29 is 61.6 Å². The fraction of sp³-hybridized carbons (Fsp3) is 0.540. The van der Waals surface area contributed by atoms with E-state index in [4.69, 9.17) is 29.7 Å². The summed E-state index contributed by atoms with van der Waals surface area (Å²) < 4.78 is 53.3. The number of benzene rings is 2. The molecule has 0 fully saturated rings. The number of carbonyl (C=O) groups is 6. The summed E-state index contributed by atoms with van der Waals surface area (Å²) in [7, 11) is 0. The van der Waals surface area contributed by atoms with E-state index in [1.807, 2.05) is 55.7 Å². The summed E-state index contributed by atoms with van der Waals surface area (Å²) >= 11 is 1.28. The number of rotatable bonds is 35. The number of aliphatic carboxylic acids is 1. The minimum atomic E-state index is -1.10. The average molecular weight is 984 g/mol. The normalized spacial score (nSPS) is 13.6. The molecule has 1 unspecified atom stereocenters. The number of thioether (sulfide) groups is 1. The highest BCUT2D eigenvalue weighted by Crippen LogP contribution is 2.40. The third kappa shape index (κ3) is 19.6. The number of amides is 3. The number of ketones is 2. The predicted octanol–water partition coefficient (Wildman–Crippen LogP) is 6.05. The van der Waals surface area contributed by atoms with Crippen LogP contribution in [-0.2, 0) is 54.3 Å². The molecule has 0 radical (unpaired) electrons. The second kappa shape index (κ2) is 29.8. The number of halogens is 2. The van der Waals surface area contributed by atoms with Crippen LogP contribution in [0, 0.1) is 23.0 Å². The van der Waals surface area contributed by atoms with Crippen molar-refractivity contribution in [3.05, 3.63) is 89.9 Å². The first-order valence-corrected chi connectivity index (χ1v) is 24.5. The summed E-state index contributed by atoms with van der Waals surface area (Å²) in [5.41, 5.74) is 6.54. The summed E-state index contributed by atoms with van der Waals surface area (Å²) in [5, 5.41) is 9.93. The molecular formula is C50H67F2N5O11S. The van der Waals surface area contributed by atoms with Crippen LogP contribution in [0.3, 0.4) is 0 Å². The Balaban J connectivity index is 1.14. The minimum absolute atomic E-state index is 0.00135. The van der Waals surface area contributed by atoms with Crippen LogP contribution in [0.1, 0.15) is 83.1 Å². The maximum Gasteiger partial charge on any atom is 0.306 e. The van der Waals surface area contributed by atoms with Gasteiger partial charge in [-0.15, -0.1) is 0 Å². The number of carbonyl (C=O) groups excluding carboxylic acids is 5. The van der Waals surface area contributed by atoms with E-state index in [0.717, 1.165) is 28.7 Å². The Kier molecular flexibility index (Phi) is 24.3. The van der Waals surface area contributed by atoms with Gasteiger partial charge >= 0.3 is 5.97 Å². The molecule has 3 amide bonds. The molecular weight excluding hydrogens is 917 g/mol. The average Bonchev–Trinajstić information content (AvgIpc) is 3.86. The Morgan fingerprint density at radius 2 is 1.46 bits per heavy atom. The highest BCUT2D eigenvalue weighted by Gasteiger charge is 2.38. The van der Waals surface area contributed by atoms with E-state index in [1.165, 1.54) is 23.9 Å². The number of nitrogens with zero attached hydrogens (tertiary/aromatic N) is 4. The van der Waals surface area contributed by atoms with Crippen molar-refractivity contribution in [3.63, 3.8) is 0 Å². The van der Waals surface area contributed by atoms with E-state index in [-0.39, 0.29) is 86.5 Å². The van der Waals surface area contributed by atoms with Gasteiger partial charge in [-0.25, -0.2) is 13.8 Å². The molecule has 69 heavy (non-hydrogen) atoms. The Morgan fingerprint density at radius 1 is 0.826 bits per heavy atom. The van der Waals surface area contributed by atoms with E-state index in [2.05, 4.69) is 0 Å². The lowest BCUT2D eigenvalue weighted by Crippen LogP contribution is -2.44. The maximum absolute atomic E-state index is 15.1. The number of aromatic nitrogens is 2. The molecule has 2 heterocycles. The van der Waals surface area contributed by atoms with E-state index < -0.39 is 46.8 Å². The third-order valence-electron chi connectivity index (χ3n) is 11.1. The number of carboxylic acids is 1. The molecule has 0 saturated heterocycles. The number of carboxylic acid groups (broad SMARTS) is 1. The Morgan fingerprint density at radius 3 is 2.09 bits per heavy atom. The third-order valence-corrected chi connectivity index (χ3v) is 12.0. The quantitative estimate of drug-likeness (QED) is 0.0509. The lowest BCUT2D eigenvalue weighted by Gasteiger charge is -2.40. The minimum Gasteiger partial charge on any atom is -0.481 e. The van der Waals surface area contributed by atoms with Gasteiger partial charge in [-0.05, 0) is 60.7 Å². The van der Waals surface area contributed by atoms with Gasteiger partial charge in [0.25, 0.3) is 11.8 Å². The van der Waals surface area contributed by atoms with Gasteiger partial charge in [0.15, 0.2) is 0 Å². The lowest BCUT2D eigenvalue weighted by molar-refractivity contribution is -0.144. The molecule has 3 N–H and O–H groups in total. The molecule has 0 saturated carbocycles. The number of hydrogen-bond acceptors (Lipinski definition) is 13. The zero-order valence-electron chi connectivity index (χ0n) is 39.9. The van der Waals surface area contributed by atoms with Crippen molar-refractivity contribution in [2.24, 2.45) is 17.1 Å². The van der Waals surface area contributed by atoms with Gasteiger partial charge in [-0.2, -0.15) is 11.8 Å². The van der Waals surface area contributed by atoms with Crippen LogP contribution in [0.4, 0.5) is 8.78 Å². The number of imidazole rings is 1. The topological polar surface area (TPSA) is 210 Å². The first-order valence-electron chi connectivity index (χ1n) is 23.3. The van der Waals surface area contributed by atoms with Gasteiger partial charge in [0, 0.05) is 75.8 Å².